The van der Waals surface area contributed by atoms with Crippen LogP contribution in [0.3, 0.4) is 0 Å². The van der Waals surface area contributed by atoms with Gasteiger partial charge in [-0.2, -0.15) is 13.2 Å². The summed E-state index contributed by atoms with van der Waals surface area (Å²) in [5.41, 5.74) is 8.50. The molecule has 0 bridgehead atoms. The molecule has 1 atom stereocenters. The van der Waals surface area contributed by atoms with E-state index in [0.29, 0.717) is 32.0 Å². The summed E-state index contributed by atoms with van der Waals surface area (Å²) in [5.74, 6) is -0.666. The lowest BCUT2D eigenvalue weighted by Gasteiger charge is -2.38. The summed E-state index contributed by atoms with van der Waals surface area (Å²) < 4.78 is 45.3. The maximum atomic E-state index is 13.3. The molecule has 10 heteroatoms. The first-order chi connectivity index (χ1) is 17.1. The van der Waals surface area contributed by atoms with Gasteiger partial charge in [0.2, 0.25) is 0 Å². The average Bonchev–Trinajstić information content (AvgIpc) is 2.86. The molecule has 192 valence electrons. The van der Waals surface area contributed by atoms with Gasteiger partial charge in [-0.15, -0.1) is 0 Å². The summed E-state index contributed by atoms with van der Waals surface area (Å²) in [7, 11) is 1.78. The molecule has 36 heavy (non-hydrogen) atoms. The van der Waals surface area contributed by atoms with Gasteiger partial charge < -0.3 is 30.7 Å². The third kappa shape index (κ3) is 5.56. The standard InChI is InChI=1S/C26H29F3N4O3/c1-16-3-4-21(31-24(34)18-9-17(14-30)10-20(11-18)26(27,28)29)13-22(16)19-12-23(25(35)32(2)15-19)33-5-7-36-8-6-33/h3-4,9-13,15,25,35H,5-8,14,30H2,1-2H3,(H,31,34). The number of aliphatic hydroxyl groups excluding tert-OH is 1. The van der Waals surface area contributed by atoms with Gasteiger partial charge in [-0.05, 0) is 65.6 Å². The number of anilines is 1. The van der Waals surface area contributed by atoms with E-state index in [9.17, 15) is 23.1 Å². The lowest BCUT2D eigenvalue weighted by molar-refractivity contribution is -0.137. The fraction of sp³-hybridized carbons (Fsp3) is 0.346. The molecule has 2 aromatic rings. The maximum Gasteiger partial charge on any atom is 0.416 e. The average molecular weight is 503 g/mol. The smallest absolute Gasteiger partial charge is 0.378 e. The van der Waals surface area contributed by atoms with Crippen molar-refractivity contribution in [1.82, 2.24) is 9.80 Å². The molecule has 4 N–H and O–H groups in total. The Morgan fingerprint density at radius 2 is 1.92 bits per heavy atom. The van der Waals surface area contributed by atoms with E-state index in [1.807, 2.05) is 25.3 Å². The van der Waals surface area contributed by atoms with Gasteiger partial charge in [0.25, 0.3) is 5.91 Å². The fourth-order valence-electron chi connectivity index (χ4n) is 4.31. The number of alkyl halides is 3. The van der Waals surface area contributed by atoms with E-state index in [-0.39, 0.29) is 17.7 Å². The van der Waals surface area contributed by atoms with Gasteiger partial charge in [-0.3, -0.25) is 4.79 Å². The SMILES string of the molecule is Cc1ccc(NC(=O)c2cc(CN)cc(C(F)(F)F)c2)cc1C1=CN(C)C(O)C(N2CCOCC2)=C1. The molecule has 0 saturated carbocycles. The molecule has 4 rings (SSSR count). The first kappa shape index (κ1) is 25.7. The number of allylic oxidation sites excluding steroid dienone is 2. The highest BCUT2D eigenvalue weighted by Crippen LogP contribution is 2.33. The van der Waals surface area contributed by atoms with Crippen LogP contribution in [0.1, 0.15) is 32.6 Å². The zero-order chi connectivity index (χ0) is 26.0. The summed E-state index contributed by atoms with van der Waals surface area (Å²) in [6.07, 6.45) is -1.65. The molecule has 0 aromatic heterocycles. The second-order valence-electron chi connectivity index (χ2n) is 8.90. The van der Waals surface area contributed by atoms with Crippen molar-refractivity contribution in [3.05, 3.63) is 82.2 Å². The van der Waals surface area contributed by atoms with E-state index in [2.05, 4.69) is 10.2 Å². The first-order valence-electron chi connectivity index (χ1n) is 11.6. The van der Waals surface area contributed by atoms with Crippen LogP contribution in [0.25, 0.3) is 5.57 Å². The first-order valence-corrected chi connectivity index (χ1v) is 11.6. The van der Waals surface area contributed by atoms with E-state index in [1.54, 1.807) is 24.1 Å². The Morgan fingerprint density at radius 1 is 1.19 bits per heavy atom. The zero-order valence-corrected chi connectivity index (χ0v) is 20.1. The number of nitrogens with zero attached hydrogens (tertiary/aromatic N) is 2. The van der Waals surface area contributed by atoms with Crippen LogP contribution in [0.2, 0.25) is 0 Å². The topological polar surface area (TPSA) is 91.1 Å². The molecule has 2 aliphatic rings. The number of halogens is 3. The highest BCUT2D eigenvalue weighted by atomic mass is 19.4. The third-order valence-corrected chi connectivity index (χ3v) is 6.30. The Balaban J connectivity index is 1.63. The normalized spacial score (nSPS) is 18.6. The Labute approximate surface area is 207 Å². The van der Waals surface area contributed by atoms with Gasteiger partial charge >= 0.3 is 6.18 Å². The molecule has 0 radical (unpaired) electrons. The Bertz CT molecular complexity index is 1200. The second kappa shape index (κ2) is 10.3. The van der Waals surface area contributed by atoms with Gasteiger partial charge in [0.1, 0.15) is 0 Å². The molecule has 0 spiro atoms. The minimum atomic E-state index is -4.59. The number of likely N-dealkylation sites (N-methyl/N-ethyl adjacent to an activating group) is 1. The molecule has 7 nitrogen and oxygen atoms in total. The fourth-order valence-corrected chi connectivity index (χ4v) is 4.31. The number of aryl methyl sites for hydroxylation is 1. The van der Waals surface area contributed by atoms with Gasteiger partial charge in [0.15, 0.2) is 6.23 Å². The number of hydrogen-bond acceptors (Lipinski definition) is 6. The van der Waals surface area contributed by atoms with Crippen LogP contribution in [0.5, 0.6) is 0 Å². The van der Waals surface area contributed by atoms with Crippen molar-refractivity contribution in [2.45, 2.75) is 25.9 Å². The largest absolute Gasteiger partial charge is 0.416 e. The number of hydrogen-bond donors (Lipinski definition) is 3. The summed E-state index contributed by atoms with van der Waals surface area (Å²) in [6, 6.07) is 8.42. The Kier molecular flexibility index (Phi) is 7.39. The lowest BCUT2D eigenvalue weighted by atomic mass is 9.97. The van der Waals surface area contributed by atoms with E-state index in [4.69, 9.17) is 10.5 Å². The summed E-state index contributed by atoms with van der Waals surface area (Å²) in [6.45, 7) is 4.30. The van der Waals surface area contributed by atoms with Crippen molar-refractivity contribution < 1.29 is 27.8 Å². The number of rotatable bonds is 5. The van der Waals surface area contributed by atoms with Crippen LogP contribution < -0.4 is 11.1 Å². The second-order valence-corrected chi connectivity index (χ2v) is 8.90. The van der Waals surface area contributed by atoms with Crippen molar-refractivity contribution >= 4 is 17.2 Å². The van der Waals surface area contributed by atoms with Crippen molar-refractivity contribution in [1.29, 1.82) is 0 Å². The van der Waals surface area contributed by atoms with Gasteiger partial charge in [0.05, 0.1) is 24.5 Å². The lowest BCUT2D eigenvalue weighted by Crippen LogP contribution is -2.44. The monoisotopic (exact) mass is 502 g/mol. The molecule has 1 fully saturated rings. The van der Waals surface area contributed by atoms with Crippen LogP contribution in [0, 0.1) is 6.92 Å². The number of amides is 1. The highest BCUT2D eigenvalue weighted by Gasteiger charge is 2.32. The zero-order valence-electron chi connectivity index (χ0n) is 20.1. The van der Waals surface area contributed by atoms with E-state index >= 15 is 0 Å². The molecule has 0 aliphatic carbocycles. The number of morpholine rings is 1. The summed E-state index contributed by atoms with van der Waals surface area (Å²) in [4.78, 5) is 16.7. The third-order valence-electron chi connectivity index (χ3n) is 6.30. The van der Waals surface area contributed by atoms with Crippen molar-refractivity contribution in [3.8, 4) is 0 Å². The van der Waals surface area contributed by atoms with E-state index < -0.39 is 23.9 Å². The van der Waals surface area contributed by atoms with Gasteiger partial charge in [-0.25, -0.2) is 0 Å². The molecule has 2 aliphatic heterocycles. The molecule has 2 heterocycles. The molecular formula is C26H29F3N4O3. The number of carbonyl (C=O) groups excluding carboxylic acids is 1. The Hall–Kier alpha value is -3.34. The Morgan fingerprint density at radius 3 is 2.58 bits per heavy atom. The van der Waals surface area contributed by atoms with Gasteiger partial charge in [0, 0.05) is 44.1 Å². The highest BCUT2D eigenvalue weighted by molar-refractivity contribution is 6.04. The van der Waals surface area contributed by atoms with Crippen LogP contribution in [-0.4, -0.2) is 60.4 Å². The number of carbonyl (C=O) groups is 1. The van der Waals surface area contributed by atoms with Crippen molar-refractivity contribution in [3.63, 3.8) is 0 Å². The molecule has 2 aromatic carbocycles. The summed E-state index contributed by atoms with van der Waals surface area (Å²) >= 11 is 0. The van der Waals surface area contributed by atoms with E-state index in [0.717, 1.165) is 34.5 Å². The number of aliphatic hydroxyl groups is 1. The summed E-state index contributed by atoms with van der Waals surface area (Å²) in [5, 5.41) is 13.4. The predicted molar refractivity (Wildman–Crippen MR) is 131 cm³/mol. The maximum absolute atomic E-state index is 13.3. The number of benzene rings is 2. The van der Waals surface area contributed by atoms with Crippen LogP contribution >= 0.6 is 0 Å². The molecule has 1 unspecified atom stereocenters. The minimum Gasteiger partial charge on any atom is -0.378 e. The van der Waals surface area contributed by atoms with Crippen LogP contribution in [0.4, 0.5) is 18.9 Å². The van der Waals surface area contributed by atoms with Crippen molar-refractivity contribution in [2.24, 2.45) is 5.73 Å². The van der Waals surface area contributed by atoms with E-state index in [1.165, 1.54) is 6.07 Å². The number of ether oxygens (including phenoxy) is 1. The molecule has 1 amide bonds. The number of nitrogens with two attached hydrogens (primary N) is 1. The predicted octanol–water partition coefficient (Wildman–Crippen LogP) is 3.55. The number of nitrogens with one attached hydrogen (secondary N) is 1. The molecular weight excluding hydrogens is 473 g/mol. The van der Waals surface area contributed by atoms with Gasteiger partial charge in [-0.1, -0.05) is 6.07 Å². The minimum absolute atomic E-state index is 0.121. The quantitative estimate of drug-likeness (QED) is 0.580. The van der Waals surface area contributed by atoms with Crippen LogP contribution in [0.15, 0.2) is 54.4 Å². The van der Waals surface area contributed by atoms with Crippen molar-refractivity contribution in [2.75, 3.05) is 38.7 Å². The molecule has 1 saturated heterocycles. The van der Waals surface area contributed by atoms with Crippen LogP contribution in [-0.2, 0) is 17.5 Å².